The molecule has 2 aromatic carbocycles. The van der Waals surface area contributed by atoms with Crippen LogP contribution in [0.25, 0.3) is 11.1 Å². The van der Waals surface area contributed by atoms with E-state index in [9.17, 15) is 22.4 Å². The SMILES string of the molecule is Cc1cc(-c2ccnc(F)c2)c(CN2CCC3(CC2)CN(c2ccccc2)C(=O)O3)cc1C(F)(F)F. The van der Waals surface area contributed by atoms with Gasteiger partial charge in [0.05, 0.1) is 12.1 Å². The van der Waals surface area contributed by atoms with Crippen LogP contribution in [0.15, 0.2) is 60.8 Å². The largest absolute Gasteiger partial charge is 0.441 e. The van der Waals surface area contributed by atoms with Crippen molar-refractivity contribution in [2.75, 3.05) is 24.5 Å². The first kappa shape index (κ1) is 24.2. The zero-order chi connectivity index (χ0) is 25.5. The van der Waals surface area contributed by atoms with Crippen molar-refractivity contribution in [3.05, 3.63) is 83.4 Å². The number of aromatic nitrogens is 1. The summed E-state index contributed by atoms with van der Waals surface area (Å²) >= 11 is 0. The summed E-state index contributed by atoms with van der Waals surface area (Å²) in [6.07, 6.45) is -2.44. The first-order chi connectivity index (χ1) is 17.1. The van der Waals surface area contributed by atoms with Crippen LogP contribution in [0.5, 0.6) is 0 Å². The van der Waals surface area contributed by atoms with Crippen LogP contribution in [0.4, 0.5) is 28.0 Å². The summed E-state index contributed by atoms with van der Waals surface area (Å²) in [5.74, 6) is -0.693. The predicted octanol–water partition coefficient (Wildman–Crippen LogP) is 6.21. The smallest absolute Gasteiger partial charge is 0.416 e. The molecule has 0 N–H and O–H groups in total. The maximum Gasteiger partial charge on any atom is 0.416 e. The molecule has 2 saturated heterocycles. The number of hydrogen-bond acceptors (Lipinski definition) is 4. The number of para-hydroxylation sites is 1. The highest BCUT2D eigenvalue weighted by Gasteiger charge is 2.47. The van der Waals surface area contributed by atoms with Crippen molar-refractivity contribution < 1.29 is 27.1 Å². The molecule has 5 rings (SSSR count). The highest BCUT2D eigenvalue weighted by Crippen LogP contribution is 2.39. The molecular formula is C27H25F4N3O2. The van der Waals surface area contributed by atoms with Crippen molar-refractivity contribution in [2.45, 2.75) is 38.1 Å². The summed E-state index contributed by atoms with van der Waals surface area (Å²) in [6.45, 7) is 3.21. The minimum absolute atomic E-state index is 0.0786. The van der Waals surface area contributed by atoms with Crippen LogP contribution in [0, 0.1) is 12.9 Å². The number of ether oxygens (including phenoxy) is 1. The number of alkyl halides is 3. The standard InChI is InChI=1S/C27H25F4N3O2/c1-18-13-22(19-7-10-32-24(28)15-19)20(14-23(18)27(29,30)31)16-33-11-8-26(9-12-33)17-34(25(35)36-26)21-5-3-2-4-6-21/h2-7,10,13-15H,8-9,11-12,16-17H2,1H3. The average molecular weight is 500 g/mol. The van der Waals surface area contributed by atoms with Crippen molar-refractivity contribution >= 4 is 11.8 Å². The average Bonchev–Trinajstić information content (AvgIpc) is 3.17. The van der Waals surface area contributed by atoms with Crippen molar-refractivity contribution in [3.8, 4) is 11.1 Å². The number of amides is 1. The molecule has 3 heterocycles. The molecule has 0 unspecified atom stereocenters. The maximum absolute atomic E-state index is 13.8. The maximum atomic E-state index is 13.8. The lowest BCUT2D eigenvalue weighted by molar-refractivity contribution is -0.138. The molecule has 0 radical (unpaired) electrons. The van der Waals surface area contributed by atoms with Gasteiger partial charge >= 0.3 is 12.3 Å². The lowest BCUT2D eigenvalue weighted by atomic mass is 9.90. The van der Waals surface area contributed by atoms with E-state index >= 15 is 0 Å². The normalized spacial score (nSPS) is 18.0. The number of anilines is 1. The number of pyridine rings is 1. The van der Waals surface area contributed by atoms with Crippen LogP contribution in [0.1, 0.15) is 29.5 Å². The first-order valence-electron chi connectivity index (χ1n) is 11.7. The molecule has 36 heavy (non-hydrogen) atoms. The van der Waals surface area contributed by atoms with Gasteiger partial charge in [-0.1, -0.05) is 24.3 Å². The van der Waals surface area contributed by atoms with Gasteiger partial charge in [0.1, 0.15) is 5.60 Å². The third-order valence-corrected chi connectivity index (χ3v) is 6.99. The van der Waals surface area contributed by atoms with E-state index in [4.69, 9.17) is 4.74 Å². The Kier molecular flexibility index (Phi) is 6.20. The van der Waals surface area contributed by atoms with Crippen LogP contribution >= 0.6 is 0 Å². The number of halogens is 4. The lowest BCUT2D eigenvalue weighted by Crippen LogP contribution is -2.46. The fourth-order valence-electron chi connectivity index (χ4n) is 5.08. The number of likely N-dealkylation sites (tertiary alicyclic amines) is 1. The highest BCUT2D eigenvalue weighted by molar-refractivity contribution is 5.90. The minimum atomic E-state index is -4.49. The van der Waals surface area contributed by atoms with Crippen LogP contribution in [0.3, 0.4) is 0 Å². The predicted molar refractivity (Wildman–Crippen MR) is 127 cm³/mol. The number of piperidine rings is 1. The summed E-state index contributed by atoms with van der Waals surface area (Å²) in [6, 6.07) is 14.8. The number of carbonyl (C=O) groups is 1. The van der Waals surface area contributed by atoms with Gasteiger partial charge < -0.3 is 4.74 Å². The molecule has 0 bridgehead atoms. The third kappa shape index (κ3) is 4.80. The second-order valence-corrected chi connectivity index (χ2v) is 9.44. The minimum Gasteiger partial charge on any atom is -0.441 e. The van der Waals surface area contributed by atoms with E-state index in [1.165, 1.54) is 31.3 Å². The lowest BCUT2D eigenvalue weighted by Gasteiger charge is -2.37. The van der Waals surface area contributed by atoms with E-state index in [1.54, 1.807) is 11.0 Å². The summed E-state index contributed by atoms with van der Waals surface area (Å²) in [4.78, 5) is 19.8. The number of benzene rings is 2. The molecule has 0 aliphatic carbocycles. The van der Waals surface area contributed by atoms with E-state index < -0.39 is 23.3 Å². The first-order valence-corrected chi connectivity index (χ1v) is 11.7. The van der Waals surface area contributed by atoms with Gasteiger partial charge in [-0.2, -0.15) is 17.6 Å². The van der Waals surface area contributed by atoms with Gasteiger partial charge in [0.25, 0.3) is 0 Å². The monoisotopic (exact) mass is 499 g/mol. The summed E-state index contributed by atoms with van der Waals surface area (Å²) in [5.41, 5.74) is 1.02. The summed E-state index contributed by atoms with van der Waals surface area (Å²) < 4.78 is 60.7. The van der Waals surface area contributed by atoms with Crippen molar-refractivity contribution in [2.24, 2.45) is 0 Å². The van der Waals surface area contributed by atoms with E-state index in [0.717, 1.165) is 5.69 Å². The fourth-order valence-corrected chi connectivity index (χ4v) is 5.08. The van der Waals surface area contributed by atoms with E-state index in [-0.39, 0.29) is 18.2 Å². The van der Waals surface area contributed by atoms with Crippen LogP contribution in [0.2, 0.25) is 0 Å². The zero-order valence-corrected chi connectivity index (χ0v) is 19.7. The van der Waals surface area contributed by atoms with E-state index in [2.05, 4.69) is 9.88 Å². The van der Waals surface area contributed by atoms with Crippen LogP contribution in [-0.4, -0.2) is 41.2 Å². The van der Waals surface area contributed by atoms with Crippen molar-refractivity contribution in [1.82, 2.24) is 9.88 Å². The Morgan fingerprint density at radius 1 is 1.06 bits per heavy atom. The van der Waals surface area contributed by atoms with Crippen LogP contribution in [-0.2, 0) is 17.5 Å². The van der Waals surface area contributed by atoms with Gasteiger partial charge in [-0.15, -0.1) is 0 Å². The molecule has 188 valence electrons. The van der Waals surface area contributed by atoms with Gasteiger partial charge in [0.2, 0.25) is 5.95 Å². The molecule has 0 saturated carbocycles. The second kappa shape index (κ2) is 9.20. The topological polar surface area (TPSA) is 45.7 Å². The molecule has 2 aliphatic heterocycles. The molecule has 3 aromatic rings. The van der Waals surface area contributed by atoms with E-state index in [1.807, 2.05) is 30.3 Å². The third-order valence-electron chi connectivity index (χ3n) is 6.99. The number of rotatable bonds is 4. The zero-order valence-electron chi connectivity index (χ0n) is 19.7. The number of aryl methyl sites for hydroxylation is 1. The molecule has 1 amide bonds. The van der Waals surface area contributed by atoms with Gasteiger partial charge in [0.15, 0.2) is 0 Å². The van der Waals surface area contributed by atoms with Gasteiger partial charge in [0, 0.05) is 50.4 Å². The van der Waals surface area contributed by atoms with Gasteiger partial charge in [-0.05, 0) is 53.4 Å². The summed E-state index contributed by atoms with van der Waals surface area (Å²) in [5, 5.41) is 0. The van der Waals surface area contributed by atoms with E-state index in [0.29, 0.717) is 49.2 Å². The Morgan fingerprint density at radius 2 is 1.78 bits per heavy atom. The number of nitrogens with zero attached hydrogens (tertiary/aromatic N) is 3. The fraction of sp³-hybridized carbons (Fsp3) is 0.333. The molecule has 2 aliphatic rings. The summed E-state index contributed by atoms with van der Waals surface area (Å²) in [7, 11) is 0. The Morgan fingerprint density at radius 3 is 2.44 bits per heavy atom. The number of hydrogen-bond donors (Lipinski definition) is 0. The molecule has 2 fully saturated rings. The number of carbonyl (C=O) groups excluding carboxylic acids is 1. The molecule has 9 heteroatoms. The van der Waals surface area contributed by atoms with Gasteiger partial charge in [-0.3, -0.25) is 9.80 Å². The molecule has 1 aromatic heterocycles. The van der Waals surface area contributed by atoms with Gasteiger partial charge in [-0.25, -0.2) is 9.78 Å². The molecular weight excluding hydrogens is 474 g/mol. The van der Waals surface area contributed by atoms with Crippen molar-refractivity contribution in [1.29, 1.82) is 0 Å². The molecule has 0 atom stereocenters. The van der Waals surface area contributed by atoms with Crippen molar-refractivity contribution in [3.63, 3.8) is 0 Å². The Bertz CT molecular complexity index is 1270. The molecule has 5 nitrogen and oxygen atoms in total. The quantitative estimate of drug-likeness (QED) is 0.317. The Balaban J connectivity index is 1.36. The molecule has 1 spiro atoms. The van der Waals surface area contributed by atoms with Crippen LogP contribution < -0.4 is 4.90 Å². The highest BCUT2D eigenvalue weighted by atomic mass is 19.4. The second-order valence-electron chi connectivity index (χ2n) is 9.44. The Hall–Kier alpha value is -3.46. The Labute approximate surface area is 206 Å².